The van der Waals surface area contributed by atoms with Gasteiger partial charge in [-0.2, -0.15) is 0 Å². The molecule has 0 bridgehead atoms. The number of aryl methyl sites for hydroxylation is 1. The lowest BCUT2D eigenvalue weighted by molar-refractivity contribution is -0.116. The van der Waals surface area contributed by atoms with Gasteiger partial charge < -0.3 is 10.2 Å². The summed E-state index contributed by atoms with van der Waals surface area (Å²) in [4.78, 5) is 13.8. The van der Waals surface area contributed by atoms with Gasteiger partial charge in [-0.1, -0.05) is 48.5 Å². The molecule has 3 nitrogen and oxygen atoms in total. The van der Waals surface area contributed by atoms with Crippen LogP contribution in [0.25, 0.3) is 11.1 Å². The molecule has 4 rings (SSSR count). The topological polar surface area (TPSA) is 32.3 Å². The maximum atomic E-state index is 11.9. The first kappa shape index (κ1) is 17.3. The Labute approximate surface area is 160 Å². The standard InChI is InChI=1S/C24H24N2O/c1-18(27)26-14-6-10-22-15-21(12-13-24(22)26)20-9-5-11-23(16-20)25-17-19-7-3-2-4-8-19/h2-5,7-9,11-13,15-16,25H,6,10,14,17H2,1H3. The minimum Gasteiger partial charge on any atom is -0.381 e. The lowest BCUT2D eigenvalue weighted by atomic mass is 9.96. The zero-order valence-corrected chi connectivity index (χ0v) is 15.6. The summed E-state index contributed by atoms with van der Waals surface area (Å²) in [5.41, 5.74) is 7.09. The van der Waals surface area contributed by atoms with Gasteiger partial charge in [0.1, 0.15) is 0 Å². The van der Waals surface area contributed by atoms with Gasteiger partial charge in [0.2, 0.25) is 5.91 Å². The number of nitrogens with one attached hydrogen (secondary N) is 1. The van der Waals surface area contributed by atoms with Crippen molar-refractivity contribution in [1.82, 2.24) is 0 Å². The van der Waals surface area contributed by atoms with E-state index in [9.17, 15) is 4.79 Å². The second-order valence-electron chi connectivity index (χ2n) is 7.04. The Bertz CT molecular complexity index is 950. The van der Waals surface area contributed by atoms with Crippen molar-refractivity contribution >= 4 is 17.3 Å². The van der Waals surface area contributed by atoms with E-state index in [1.807, 2.05) is 11.0 Å². The lowest BCUT2D eigenvalue weighted by Crippen LogP contribution is -2.33. The number of fused-ring (bicyclic) bond motifs is 1. The van der Waals surface area contributed by atoms with Crippen molar-refractivity contribution in [1.29, 1.82) is 0 Å². The van der Waals surface area contributed by atoms with Gasteiger partial charge in [0.05, 0.1) is 0 Å². The molecule has 27 heavy (non-hydrogen) atoms. The van der Waals surface area contributed by atoms with E-state index < -0.39 is 0 Å². The Hall–Kier alpha value is -3.07. The highest BCUT2D eigenvalue weighted by molar-refractivity contribution is 5.93. The minimum absolute atomic E-state index is 0.121. The van der Waals surface area contributed by atoms with E-state index in [1.54, 1.807) is 6.92 Å². The molecule has 0 atom stereocenters. The van der Waals surface area contributed by atoms with Gasteiger partial charge in [0, 0.05) is 31.4 Å². The lowest BCUT2D eigenvalue weighted by Gasteiger charge is -2.29. The predicted octanol–water partition coefficient (Wildman–Crippen LogP) is 5.26. The van der Waals surface area contributed by atoms with Gasteiger partial charge in [0.15, 0.2) is 0 Å². The van der Waals surface area contributed by atoms with Crippen LogP contribution in [0.2, 0.25) is 0 Å². The predicted molar refractivity (Wildman–Crippen MR) is 112 cm³/mol. The second-order valence-corrected chi connectivity index (χ2v) is 7.04. The summed E-state index contributed by atoms with van der Waals surface area (Å²) < 4.78 is 0. The first-order valence-corrected chi connectivity index (χ1v) is 9.50. The highest BCUT2D eigenvalue weighted by Crippen LogP contribution is 2.32. The zero-order valence-electron chi connectivity index (χ0n) is 15.6. The number of carbonyl (C=O) groups is 1. The molecule has 0 saturated carbocycles. The molecule has 3 aromatic rings. The van der Waals surface area contributed by atoms with Gasteiger partial charge in [-0.3, -0.25) is 4.79 Å². The van der Waals surface area contributed by atoms with Crippen molar-refractivity contribution in [2.24, 2.45) is 0 Å². The van der Waals surface area contributed by atoms with Crippen molar-refractivity contribution in [3.63, 3.8) is 0 Å². The van der Waals surface area contributed by atoms with Gasteiger partial charge in [-0.25, -0.2) is 0 Å². The molecule has 0 unspecified atom stereocenters. The third-order valence-electron chi connectivity index (χ3n) is 5.11. The van der Waals surface area contributed by atoms with Crippen LogP contribution in [0.15, 0.2) is 72.8 Å². The van der Waals surface area contributed by atoms with E-state index in [-0.39, 0.29) is 5.91 Å². The van der Waals surface area contributed by atoms with Crippen molar-refractivity contribution in [2.75, 3.05) is 16.8 Å². The summed E-state index contributed by atoms with van der Waals surface area (Å²) >= 11 is 0. The molecule has 0 spiro atoms. The van der Waals surface area contributed by atoms with Crippen LogP contribution in [0, 0.1) is 0 Å². The Morgan fingerprint density at radius 1 is 0.963 bits per heavy atom. The molecule has 3 heteroatoms. The third kappa shape index (κ3) is 3.87. The number of hydrogen-bond acceptors (Lipinski definition) is 2. The summed E-state index contributed by atoms with van der Waals surface area (Å²) in [6.45, 7) is 3.27. The van der Waals surface area contributed by atoms with Crippen molar-refractivity contribution in [2.45, 2.75) is 26.3 Å². The zero-order chi connectivity index (χ0) is 18.6. The number of carbonyl (C=O) groups excluding carboxylic acids is 1. The van der Waals surface area contributed by atoms with Gasteiger partial charge in [0.25, 0.3) is 0 Å². The number of nitrogens with zero attached hydrogens (tertiary/aromatic N) is 1. The van der Waals surface area contributed by atoms with E-state index in [0.29, 0.717) is 0 Å². The molecule has 0 saturated heterocycles. The van der Waals surface area contributed by atoms with Crippen LogP contribution in [0.3, 0.4) is 0 Å². The summed E-state index contributed by atoms with van der Waals surface area (Å²) in [5, 5.41) is 3.50. The Morgan fingerprint density at radius 3 is 2.59 bits per heavy atom. The van der Waals surface area contributed by atoms with Crippen LogP contribution in [-0.2, 0) is 17.8 Å². The van der Waals surface area contributed by atoms with E-state index >= 15 is 0 Å². The molecule has 1 aliphatic heterocycles. The number of hydrogen-bond donors (Lipinski definition) is 1. The fraction of sp³-hybridized carbons (Fsp3) is 0.208. The molecule has 136 valence electrons. The quantitative estimate of drug-likeness (QED) is 0.691. The maximum absolute atomic E-state index is 11.9. The molecular weight excluding hydrogens is 332 g/mol. The summed E-state index contributed by atoms with van der Waals surface area (Å²) in [7, 11) is 0. The number of benzene rings is 3. The van der Waals surface area contributed by atoms with Crippen LogP contribution in [0.1, 0.15) is 24.5 Å². The van der Waals surface area contributed by atoms with Crippen molar-refractivity contribution in [3.05, 3.63) is 83.9 Å². The van der Waals surface area contributed by atoms with Crippen molar-refractivity contribution in [3.8, 4) is 11.1 Å². The van der Waals surface area contributed by atoms with Gasteiger partial charge in [-0.05, 0) is 59.4 Å². The largest absolute Gasteiger partial charge is 0.381 e. The van der Waals surface area contributed by atoms with Crippen LogP contribution in [0.4, 0.5) is 11.4 Å². The summed E-state index contributed by atoms with van der Waals surface area (Å²) in [5.74, 6) is 0.121. The molecule has 1 N–H and O–H groups in total. The first-order chi connectivity index (χ1) is 13.2. The second kappa shape index (κ2) is 7.67. The molecule has 1 amide bonds. The van der Waals surface area contributed by atoms with Crippen LogP contribution in [0.5, 0.6) is 0 Å². The monoisotopic (exact) mass is 356 g/mol. The maximum Gasteiger partial charge on any atom is 0.223 e. The number of anilines is 2. The van der Waals surface area contributed by atoms with Crippen molar-refractivity contribution < 1.29 is 4.79 Å². The molecule has 0 aromatic heterocycles. The minimum atomic E-state index is 0.121. The smallest absolute Gasteiger partial charge is 0.223 e. The summed E-state index contributed by atoms with van der Waals surface area (Å²) in [6.07, 6.45) is 2.05. The highest BCUT2D eigenvalue weighted by atomic mass is 16.2. The molecule has 3 aromatic carbocycles. The molecule has 0 aliphatic carbocycles. The molecule has 0 fully saturated rings. The van der Waals surface area contributed by atoms with E-state index in [1.165, 1.54) is 22.3 Å². The normalized spacial score (nSPS) is 13.1. The molecule has 0 radical (unpaired) electrons. The van der Waals surface area contributed by atoms with Crippen LogP contribution >= 0.6 is 0 Å². The van der Waals surface area contributed by atoms with Crippen LogP contribution in [-0.4, -0.2) is 12.5 Å². The Balaban J connectivity index is 1.56. The fourth-order valence-electron chi connectivity index (χ4n) is 3.71. The van der Waals surface area contributed by atoms with E-state index in [0.717, 1.165) is 37.3 Å². The average molecular weight is 356 g/mol. The average Bonchev–Trinajstić information content (AvgIpc) is 2.72. The molecule has 1 aliphatic rings. The Morgan fingerprint density at radius 2 is 1.78 bits per heavy atom. The first-order valence-electron chi connectivity index (χ1n) is 9.50. The van der Waals surface area contributed by atoms with E-state index in [2.05, 4.69) is 72.0 Å². The van der Waals surface area contributed by atoms with Crippen LogP contribution < -0.4 is 10.2 Å². The number of rotatable bonds is 4. The molecular formula is C24H24N2O. The molecule has 1 heterocycles. The van der Waals surface area contributed by atoms with Gasteiger partial charge >= 0.3 is 0 Å². The Kier molecular flexibility index (Phi) is 4.93. The third-order valence-corrected chi connectivity index (χ3v) is 5.11. The number of amides is 1. The van der Waals surface area contributed by atoms with E-state index in [4.69, 9.17) is 0 Å². The SMILES string of the molecule is CC(=O)N1CCCc2cc(-c3cccc(NCc4ccccc4)c3)ccc21. The fourth-order valence-corrected chi connectivity index (χ4v) is 3.71. The highest BCUT2D eigenvalue weighted by Gasteiger charge is 2.20. The van der Waals surface area contributed by atoms with Gasteiger partial charge in [-0.15, -0.1) is 0 Å². The summed E-state index contributed by atoms with van der Waals surface area (Å²) in [6, 6.07) is 25.4.